The van der Waals surface area contributed by atoms with Crippen LogP contribution < -0.4 is 4.89 Å². The molecule has 0 unspecified atom stereocenters. The highest BCUT2D eigenvalue weighted by atomic mass is 35.5. The maximum Gasteiger partial charge on any atom is 0.271 e. The molecule has 0 bridgehead atoms. The molecule has 0 saturated heterocycles. The van der Waals surface area contributed by atoms with Crippen LogP contribution in [0.2, 0.25) is 4.34 Å². The number of nitrogens with one attached hydrogen (secondary N) is 1. The van der Waals surface area contributed by atoms with E-state index >= 15 is 0 Å². The second-order valence-corrected chi connectivity index (χ2v) is 7.34. The van der Waals surface area contributed by atoms with Crippen molar-refractivity contribution in [2.75, 3.05) is 6.61 Å². The zero-order valence-corrected chi connectivity index (χ0v) is 11.7. The van der Waals surface area contributed by atoms with Gasteiger partial charge in [-0.15, -0.1) is 11.3 Å². The van der Waals surface area contributed by atoms with Gasteiger partial charge in [-0.1, -0.05) is 30.3 Å². The van der Waals surface area contributed by atoms with Crippen molar-refractivity contribution >= 4 is 33.0 Å². The van der Waals surface area contributed by atoms with Crippen LogP contribution in [0.4, 0.5) is 0 Å². The summed E-state index contributed by atoms with van der Waals surface area (Å²) in [5, 5.41) is 0. The van der Waals surface area contributed by atoms with E-state index in [0.29, 0.717) is 10.9 Å². The lowest BCUT2D eigenvalue weighted by Gasteiger charge is -2.07. The third-order valence-electron chi connectivity index (χ3n) is 1.68. The highest BCUT2D eigenvalue weighted by Gasteiger charge is 2.18. The first-order valence-electron chi connectivity index (χ1n) is 4.72. The molecule has 4 nitrogen and oxygen atoms in total. The van der Waals surface area contributed by atoms with Gasteiger partial charge in [0.1, 0.15) is 4.21 Å². The third kappa shape index (κ3) is 3.71. The Kier molecular flexibility index (Phi) is 4.75. The minimum atomic E-state index is -3.60. The average molecular weight is 284 g/mol. The Balaban J connectivity index is 2.71. The topological polar surface area (TPSA) is 55.4 Å². The molecular formula is C9H14ClNO3S2. The highest BCUT2D eigenvalue weighted by Crippen LogP contribution is 2.29. The number of aryl methyl sites for hydroxylation is 1. The standard InChI is InChI=1S/C9H14ClNO3S2/c1-6(2)5-14-11-16(12,13)8-4-7(3)9(10)15-8/h4,6,11H,5H2,1-3H3. The highest BCUT2D eigenvalue weighted by molar-refractivity contribution is 7.91. The summed E-state index contributed by atoms with van der Waals surface area (Å²) in [6.07, 6.45) is 0. The molecule has 16 heavy (non-hydrogen) atoms. The van der Waals surface area contributed by atoms with E-state index < -0.39 is 10.0 Å². The normalized spacial score (nSPS) is 12.3. The fourth-order valence-corrected chi connectivity index (χ4v) is 3.39. The van der Waals surface area contributed by atoms with Gasteiger partial charge in [0.15, 0.2) is 0 Å². The Morgan fingerprint density at radius 1 is 1.56 bits per heavy atom. The van der Waals surface area contributed by atoms with Crippen LogP contribution in [0, 0.1) is 12.8 Å². The Labute approximate surface area is 105 Å². The lowest BCUT2D eigenvalue weighted by Crippen LogP contribution is -2.25. The molecule has 1 heterocycles. The van der Waals surface area contributed by atoms with E-state index in [9.17, 15) is 8.42 Å². The second-order valence-electron chi connectivity index (χ2n) is 3.81. The van der Waals surface area contributed by atoms with Gasteiger partial charge in [-0.25, -0.2) is 8.42 Å². The smallest absolute Gasteiger partial charge is 0.271 e. The maximum absolute atomic E-state index is 11.7. The van der Waals surface area contributed by atoms with E-state index in [1.54, 1.807) is 6.92 Å². The zero-order chi connectivity index (χ0) is 12.3. The summed E-state index contributed by atoms with van der Waals surface area (Å²) < 4.78 is 24.0. The fourth-order valence-electron chi connectivity index (χ4n) is 0.884. The molecule has 0 atom stereocenters. The molecule has 0 aliphatic carbocycles. The van der Waals surface area contributed by atoms with Crippen molar-refractivity contribution in [3.05, 3.63) is 16.0 Å². The number of hydrogen-bond acceptors (Lipinski definition) is 4. The minimum absolute atomic E-state index is 0.166. The van der Waals surface area contributed by atoms with E-state index in [2.05, 4.69) is 4.89 Å². The number of rotatable bonds is 5. The molecule has 0 aromatic carbocycles. The van der Waals surface area contributed by atoms with Crippen LogP contribution in [0.25, 0.3) is 0 Å². The van der Waals surface area contributed by atoms with Crippen LogP contribution in [0.15, 0.2) is 10.3 Å². The first kappa shape index (κ1) is 13.9. The predicted molar refractivity (Wildman–Crippen MR) is 65.2 cm³/mol. The number of sulfonamides is 1. The van der Waals surface area contributed by atoms with E-state index in [4.69, 9.17) is 16.4 Å². The van der Waals surface area contributed by atoms with Gasteiger partial charge in [-0.3, -0.25) is 4.84 Å². The van der Waals surface area contributed by atoms with Crippen LogP contribution in [0.3, 0.4) is 0 Å². The monoisotopic (exact) mass is 283 g/mol. The van der Waals surface area contributed by atoms with Crippen molar-refractivity contribution in [2.45, 2.75) is 25.0 Å². The Hall–Kier alpha value is -0.140. The van der Waals surface area contributed by atoms with Crippen molar-refractivity contribution in [1.29, 1.82) is 0 Å². The Morgan fingerprint density at radius 2 is 2.19 bits per heavy atom. The first-order chi connectivity index (χ1) is 7.33. The van der Waals surface area contributed by atoms with Gasteiger partial charge < -0.3 is 0 Å². The Morgan fingerprint density at radius 3 is 2.62 bits per heavy atom. The number of thiophene rings is 1. The van der Waals surface area contributed by atoms with Crippen LogP contribution >= 0.6 is 22.9 Å². The van der Waals surface area contributed by atoms with Crippen molar-refractivity contribution in [1.82, 2.24) is 4.89 Å². The molecule has 1 aromatic heterocycles. The molecule has 0 spiro atoms. The van der Waals surface area contributed by atoms with E-state index in [1.807, 2.05) is 13.8 Å². The zero-order valence-electron chi connectivity index (χ0n) is 9.28. The van der Waals surface area contributed by atoms with Crippen molar-refractivity contribution in [3.8, 4) is 0 Å². The second kappa shape index (κ2) is 5.46. The molecule has 7 heteroatoms. The summed E-state index contributed by atoms with van der Waals surface area (Å²) >= 11 is 6.82. The molecule has 0 saturated carbocycles. The number of hydrogen-bond donors (Lipinski definition) is 1. The lowest BCUT2D eigenvalue weighted by molar-refractivity contribution is 0.0720. The number of halogens is 1. The molecule has 0 aliphatic rings. The largest absolute Gasteiger partial charge is 0.287 e. The van der Waals surface area contributed by atoms with Gasteiger partial charge in [0.2, 0.25) is 0 Å². The molecule has 1 aromatic rings. The molecule has 0 fully saturated rings. The summed E-state index contributed by atoms with van der Waals surface area (Å²) in [5.41, 5.74) is 0.746. The van der Waals surface area contributed by atoms with Crippen LogP contribution in [-0.4, -0.2) is 15.0 Å². The summed E-state index contributed by atoms with van der Waals surface area (Å²) in [7, 11) is -3.60. The van der Waals surface area contributed by atoms with Gasteiger partial charge in [-0.2, -0.15) is 0 Å². The summed E-state index contributed by atoms with van der Waals surface area (Å²) in [4.78, 5) is 6.96. The van der Waals surface area contributed by atoms with Crippen molar-refractivity contribution in [3.63, 3.8) is 0 Å². The fraction of sp³-hybridized carbons (Fsp3) is 0.556. The average Bonchev–Trinajstić information content (AvgIpc) is 2.46. The molecule has 1 rings (SSSR count). The molecule has 92 valence electrons. The van der Waals surface area contributed by atoms with Gasteiger partial charge >= 0.3 is 0 Å². The third-order valence-corrected chi connectivity index (χ3v) is 4.93. The quantitative estimate of drug-likeness (QED) is 0.845. The van der Waals surface area contributed by atoms with E-state index in [1.165, 1.54) is 6.07 Å². The van der Waals surface area contributed by atoms with E-state index in [-0.39, 0.29) is 10.1 Å². The minimum Gasteiger partial charge on any atom is -0.287 e. The van der Waals surface area contributed by atoms with Gasteiger partial charge in [0.25, 0.3) is 10.0 Å². The van der Waals surface area contributed by atoms with Crippen LogP contribution in [0.5, 0.6) is 0 Å². The molecule has 1 N–H and O–H groups in total. The summed E-state index contributed by atoms with van der Waals surface area (Å²) in [6.45, 7) is 5.95. The van der Waals surface area contributed by atoms with E-state index in [0.717, 1.165) is 16.9 Å². The van der Waals surface area contributed by atoms with Crippen molar-refractivity contribution in [2.24, 2.45) is 5.92 Å². The van der Waals surface area contributed by atoms with Crippen molar-refractivity contribution < 1.29 is 13.3 Å². The van der Waals surface area contributed by atoms with Gasteiger partial charge in [0.05, 0.1) is 10.9 Å². The molecule has 0 aliphatic heterocycles. The van der Waals surface area contributed by atoms with Crippen LogP contribution in [-0.2, 0) is 14.9 Å². The maximum atomic E-state index is 11.7. The predicted octanol–water partition coefficient (Wildman–Crippen LogP) is 2.58. The SMILES string of the molecule is Cc1cc(S(=O)(=O)NOCC(C)C)sc1Cl. The summed E-state index contributed by atoms with van der Waals surface area (Å²) in [6, 6.07) is 1.52. The van der Waals surface area contributed by atoms with Gasteiger partial charge in [0, 0.05) is 0 Å². The first-order valence-corrected chi connectivity index (χ1v) is 7.40. The summed E-state index contributed by atoms with van der Waals surface area (Å²) in [5.74, 6) is 0.261. The molecule has 0 amide bonds. The Bertz CT molecular complexity index is 434. The molecule has 0 radical (unpaired) electrons. The van der Waals surface area contributed by atoms with Gasteiger partial charge in [-0.05, 0) is 24.5 Å². The molecular weight excluding hydrogens is 270 g/mol. The van der Waals surface area contributed by atoms with Crippen LogP contribution in [0.1, 0.15) is 19.4 Å². The lowest BCUT2D eigenvalue weighted by atomic mass is 10.2.